The molecule has 44 heavy (non-hydrogen) atoms. The van der Waals surface area contributed by atoms with Crippen LogP contribution in [0, 0.1) is 5.82 Å². The topological polar surface area (TPSA) is 85.9 Å². The maximum Gasteiger partial charge on any atom is 0.248 e. The van der Waals surface area contributed by atoms with Crippen LogP contribution in [0.5, 0.6) is 5.75 Å². The van der Waals surface area contributed by atoms with Crippen molar-refractivity contribution in [2.24, 2.45) is 0 Å². The minimum Gasteiger partial charge on any atom is -0.506 e. The minimum absolute atomic E-state index is 0.0548. The summed E-state index contributed by atoms with van der Waals surface area (Å²) in [5, 5.41) is 11.1. The van der Waals surface area contributed by atoms with Gasteiger partial charge in [-0.3, -0.25) is 9.59 Å². The summed E-state index contributed by atoms with van der Waals surface area (Å²) in [5.74, 6) is -0.0735. The van der Waals surface area contributed by atoms with Crippen molar-refractivity contribution in [2.45, 2.75) is 57.4 Å². The van der Waals surface area contributed by atoms with Crippen LogP contribution in [0.1, 0.15) is 49.7 Å². The molecule has 0 atom stereocenters. The summed E-state index contributed by atoms with van der Waals surface area (Å²) in [5.41, 5.74) is 2.93. The maximum absolute atomic E-state index is 13.9. The second-order valence-electron chi connectivity index (χ2n) is 11.5. The predicted octanol–water partition coefficient (Wildman–Crippen LogP) is 6.23. The number of aromatic hydroxyl groups is 1. The van der Waals surface area contributed by atoms with Gasteiger partial charge in [0.2, 0.25) is 11.5 Å². The fourth-order valence-electron chi connectivity index (χ4n) is 6.20. The number of anilines is 1. The fourth-order valence-corrected chi connectivity index (χ4v) is 6.20. The molecule has 1 aromatic heterocycles. The van der Waals surface area contributed by atoms with Crippen LogP contribution in [-0.4, -0.2) is 59.8 Å². The van der Waals surface area contributed by atoms with Gasteiger partial charge in [0.1, 0.15) is 11.6 Å². The highest BCUT2D eigenvalue weighted by atomic mass is 19.1. The quantitative estimate of drug-likeness (QED) is 0.168. The number of ether oxygens (including phenoxy) is 1. The number of H-pyrrole nitrogens is 1. The van der Waals surface area contributed by atoms with E-state index in [1.54, 1.807) is 24.3 Å². The van der Waals surface area contributed by atoms with Crippen molar-refractivity contribution >= 4 is 22.5 Å². The molecule has 7 nitrogen and oxygen atoms in total. The number of rotatable bonds is 14. The third kappa shape index (κ3) is 8.26. The van der Waals surface area contributed by atoms with Crippen LogP contribution in [0.4, 0.5) is 10.1 Å². The molecule has 0 saturated heterocycles. The molecule has 0 bridgehead atoms. The van der Waals surface area contributed by atoms with Gasteiger partial charge in [-0.2, -0.15) is 0 Å². The van der Waals surface area contributed by atoms with Gasteiger partial charge in [0.15, 0.2) is 0 Å². The molecular formula is C36H42FN3O4. The zero-order chi connectivity index (χ0) is 30.7. The number of phenols is 1. The van der Waals surface area contributed by atoms with Crippen molar-refractivity contribution in [3.05, 3.63) is 106 Å². The third-order valence-corrected chi connectivity index (χ3v) is 8.62. The number of hydrogen-bond acceptors (Lipinski definition) is 5. The lowest BCUT2D eigenvalue weighted by molar-refractivity contribution is -0.135. The lowest BCUT2D eigenvalue weighted by Gasteiger charge is -2.36. The molecule has 4 aromatic rings. The van der Waals surface area contributed by atoms with E-state index in [9.17, 15) is 19.1 Å². The van der Waals surface area contributed by atoms with Gasteiger partial charge in [-0.1, -0.05) is 61.7 Å². The second-order valence-corrected chi connectivity index (χ2v) is 11.5. The van der Waals surface area contributed by atoms with Crippen LogP contribution in [0.3, 0.4) is 0 Å². The van der Waals surface area contributed by atoms with Crippen molar-refractivity contribution in [1.29, 1.82) is 0 Å². The highest BCUT2D eigenvalue weighted by Crippen LogP contribution is 2.27. The largest absolute Gasteiger partial charge is 0.506 e. The zero-order valence-electron chi connectivity index (χ0n) is 25.2. The average molecular weight is 600 g/mol. The number of carbonyl (C=O) groups is 1. The van der Waals surface area contributed by atoms with E-state index in [0.717, 1.165) is 42.3 Å². The Bertz CT molecular complexity index is 1570. The molecular weight excluding hydrogens is 557 g/mol. The number of amides is 1. The van der Waals surface area contributed by atoms with Crippen LogP contribution in [0.15, 0.2) is 83.7 Å². The number of halogens is 1. The Hall–Kier alpha value is -4.17. The van der Waals surface area contributed by atoms with E-state index in [1.165, 1.54) is 18.6 Å². The van der Waals surface area contributed by atoms with Gasteiger partial charge in [0.25, 0.3) is 0 Å². The first kappa shape index (κ1) is 31.3. The minimum atomic E-state index is -0.251. The molecule has 3 aromatic carbocycles. The number of hydrogen-bond donors (Lipinski definition) is 2. The zero-order valence-corrected chi connectivity index (χ0v) is 25.2. The number of aromatic nitrogens is 1. The summed E-state index contributed by atoms with van der Waals surface area (Å²) < 4.78 is 19.7. The van der Waals surface area contributed by atoms with Gasteiger partial charge in [0, 0.05) is 42.8 Å². The van der Waals surface area contributed by atoms with Gasteiger partial charge in [-0.25, -0.2) is 4.39 Å². The SMILES string of the molecule is O=C(CCOCCc1ccccc1F)N(CCN(CCc1ccc(O)c2[nH]c(=O)ccc12)c1ccccc1)C1CCCCC1. The lowest BCUT2D eigenvalue weighted by Crippen LogP contribution is -2.46. The Balaban J connectivity index is 1.24. The number of nitrogens with zero attached hydrogens (tertiary/aromatic N) is 2. The van der Waals surface area contributed by atoms with Crippen LogP contribution in [-0.2, 0) is 22.4 Å². The first-order valence-corrected chi connectivity index (χ1v) is 15.7. The molecule has 0 aliphatic heterocycles. The van der Waals surface area contributed by atoms with E-state index in [4.69, 9.17) is 4.74 Å². The maximum atomic E-state index is 13.9. The van der Waals surface area contributed by atoms with E-state index < -0.39 is 0 Å². The van der Waals surface area contributed by atoms with Crippen LogP contribution >= 0.6 is 0 Å². The van der Waals surface area contributed by atoms with E-state index in [0.29, 0.717) is 63.2 Å². The summed E-state index contributed by atoms with van der Waals surface area (Å²) in [6, 6.07) is 23.9. The molecule has 1 aliphatic carbocycles. The smallest absolute Gasteiger partial charge is 0.248 e. The number of benzene rings is 3. The van der Waals surface area contributed by atoms with E-state index in [1.807, 2.05) is 30.3 Å². The normalized spacial score (nSPS) is 13.7. The molecule has 2 N–H and O–H groups in total. The van der Waals surface area contributed by atoms with Crippen molar-refractivity contribution in [1.82, 2.24) is 9.88 Å². The number of fused-ring (bicyclic) bond motifs is 1. The molecule has 1 saturated carbocycles. The molecule has 5 rings (SSSR count). The Morgan fingerprint density at radius 3 is 2.41 bits per heavy atom. The van der Waals surface area contributed by atoms with Gasteiger partial charge in [-0.15, -0.1) is 0 Å². The average Bonchev–Trinajstić information content (AvgIpc) is 3.05. The summed E-state index contributed by atoms with van der Waals surface area (Å²) in [6.07, 6.45) is 6.98. The standard InChI is InChI=1S/C36H42FN3O4/c37-32-14-8-7-9-28(32)20-25-44-26-21-35(43)40(30-12-5-2-6-13-30)24-23-39(29-10-3-1-4-11-29)22-19-27-15-17-33(41)36-31(27)16-18-34(42)38-36/h1,3-4,7-11,14-18,30,41H,2,5-6,12-13,19-26H2,(H,38,42). The monoisotopic (exact) mass is 599 g/mol. The highest BCUT2D eigenvalue weighted by Gasteiger charge is 2.26. The predicted molar refractivity (Wildman–Crippen MR) is 173 cm³/mol. The van der Waals surface area contributed by atoms with Gasteiger partial charge in [0.05, 0.1) is 25.2 Å². The van der Waals surface area contributed by atoms with Crippen LogP contribution in [0.2, 0.25) is 0 Å². The molecule has 0 unspecified atom stereocenters. The number of nitrogens with one attached hydrogen (secondary N) is 1. The Morgan fingerprint density at radius 1 is 0.841 bits per heavy atom. The fraction of sp³-hybridized carbons (Fsp3) is 0.389. The van der Waals surface area contributed by atoms with Gasteiger partial charge in [-0.05, 0) is 67.1 Å². The summed E-state index contributed by atoms with van der Waals surface area (Å²) >= 11 is 0. The van der Waals surface area contributed by atoms with E-state index in [-0.39, 0.29) is 29.1 Å². The second kappa shape index (κ2) is 15.5. The lowest BCUT2D eigenvalue weighted by atomic mass is 9.94. The summed E-state index contributed by atoms with van der Waals surface area (Å²) in [4.78, 5) is 32.6. The molecule has 0 radical (unpaired) electrons. The number of aromatic amines is 1. The first-order chi connectivity index (χ1) is 21.5. The molecule has 1 aliphatic rings. The van der Waals surface area contributed by atoms with Crippen molar-refractivity contribution in [2.75, 3.05) is 37.7 Å². The van der Waals surface area contributed by atoms with Gasteiger partial charge >= 0.3 is 0 Å². The van der Waals surface area contributed by atoms with Crippen molar-refractivity contribution in [3.8, 4) is 5.75 Å². The first-order valence-electron chi connectivity index (χ1n) is 15.7. The van der Waals surface area contributed by atoms with Crippen LogP contribution in [0.25, 0.3) is 10.9 Å². The summed E-state index contributed by atoms with van der Waals surface area (Å²) in [7, 11) is 0. The number of carbonyl (C=O) groups excluding carboxylic acids is 1. The van der Waals surface area contributed by atoms with Crippen LogP contribution < -0.4 is 10.5 Å². The Kier molecular flexibility index (Phi) is 11.0. The van der Waals surface area contributed by atoms with Gasteiger partial charge < -0.3 is 24.6 Å². The number of para-hydroxylation sites is 1. The summed E-state index contributed by atoms with van der Waals surface area (Å²) in [6.45, 7) is 2.67. The van der Waals surface area contributed by atoms with Crippen molar-refractivity contribution in [3.63, 3.8) is 0 Å². The molecule has 1 fully saturated rings. The molecule has 8 heteroatoms. The van der Waals surface area contributed by atoms with E-state index >= 15 is 0 Å². The molecule has 1 amide bonds. The number of pyridine rings is 1. The van der Waals surface area contributed by atoms with Crippen molar-refractivity contribution < 1.29 is 19.0 Å². The van der Waals surface area contributed by atoms with E-state index in [2.05, 4.69) is 26.9 Å². The third-order valence-electron chi connectivity index (χ3n) is 8.62. The Morgan fingerprint density at radius 2 is 1.61 bits per heavy atom. The molecule has 1 heterocycles. The number of phenolic OH excluding ortho intramolecular Hbond substituents is 1. The Labute approximate surface area is 258 Å². The highest BCUT2D eigenvalue weighted by molar-refractivity contribution is 5.87. The molecule has 232 valence electrons. The molecule has 0 spiro atoms.